The van der Waals surface area contributed by atoms with Gasteiger partial charge in [0.15, 0.2) is 0 Å². The van der Waals surface area contributed by atoms with Crippen molar-refractivity contribution >= 4 is 0 Å². The Morgan fingerprint density at radius 2 is 1.94 bits per heavy atom. The first kappa shape index (κ1) is 12.6. The zero-order valence-electron chi connectivity index (χ0n) is 10.6. The molecule has 0 saturated heterocycles. The fraction of sp³-hybridized carbons (Fsp3) is 0.600. The Labute approximate surface area is 103 Å². The van der Waals surface area contributed by atoms with Gasteiger partial charge < -0.3 is 5.73 Å². The monoisotopic (exact) mass is 235 g/mol. The highest BCUT2D eigenvalue weighted by Gasteiger charge is 2.27. The Morgan fingerprint density at radius 3 is 2.59 bits per heavy atom. The highest BCUT2D eigenvalue weighted by Crippen LogP contribution is 2.32. The van der Waals surface area contributed by atoms with Gasteiger partial charge in [-0.05, 0) is 37.3 Å². The molecule has 0 aliphatic heterocycles. The van der Waals surface area contributed by atoms with Crippen LogP contribution in [0.25, 0.3) is 0 Å². The largest absolute Gasteiger partial charge is 0.325 e. The molecule has 0 aromatic heterocycles. The third-order valence-electron chi connectivity index (χ3n) is 3.78. The van der Waals surface area contributed by atoms with E-state index in [1.165, 1.54) is 31.7 Å². The van der Waals surface area contributed by atoms with Crippen molar-refractivity contribution < 1.29 is 4.39 Å². The van der Waals surface area contributed by atoms with Gasteiger partial charge in [0.25, 0.3) is 0 Å². The van der Waals surface area contributed by atoms with Gasteiger partial charge in [-0.25, -0.2) is 4.39 Å². The van der Waals surface area contributed by atoms with E-state index in [0.717, 1.165) is 17.9 Å². The molecule has 0 heterocycles. The maximum Gasteiger partial charge on any atom is 0.126 e. The quantitative estimate of drug-likeness (QED) is 0.846. The lowest BCUT2D eigenvalue weighted by Gasteiger charge is -2.28. The highest BCUT2D eigenvalue weighted by atomic mass is 19.1. The summed E-state index contributed by atoms with van der Waals surface area (Å²) in [7, 11) is 0. The fourth-order valence-corrected chi connectivity index (χ4v) is 3.02. The van der Waals surface area contributed by atoms with Crippen LogP contribution < -0.4 is 5.73 Å². The molecule has 94 valence electrons. The van der Waals surface area contributed by atoms with Crippen molar-refractivity contribution in [1.29, 1.82) is 0 Å². The van der Waals surface area contributed by atoms with E-state index in [2.05, 4.69) is 6.92 Å². The van der Waals surface area contributed by atoms with Crippen molar-refractivity contribution in [2.24, 2.45) is 11.7 Å². The van der Waals surface area contributed by atoms with E-state index in [1.807, 2.05) is 12.1 Å². The SMILES string of the molecule is CC(N)(Cc1ccccc1F)CC1CCCC1. The predicted octanol–water partition coefficient (Wildman–Crippen LogP) is 3.67. The summed E-state index contributed by atoms with van der Waals surface area (Å²) in [5.41, 5.74) is 6.80. The Hall–Kier alpha value is -0.890. The standard InChI is InChI=1S/C15H22FN/c1-15(17,10-12-6-2-3-7-12)11-13-8-4-5-9-14(13)16/h4-5,8-9,12H,2-3,6-7,10-11,17H2,1H3. The first-order valence-electron chi connectivity index (χ1n) is 6.59. The van der Waals surface area contributed by atoms with Crippen molar-refractivity contribution in [2.45, 2.75) is 51.0 Å². The Bertz CT molecular complexity index is 367. The summed E-state index contributed by atoms with van der Waals surface area (Å²) >= 11 is 0. The number of hydrogen-bond donors (Lipinski definition) is 1. The van der Waals surface area contributed by atoms with Crippen molar-refractivity contribution in [1.82, 2.24) is 0 Å². The highest BCUT2D eigenvalue weighted by molar-refractivity contribution is 5.19. The molecular weight excluding hydrogens is 213 g/mol. The molecule has 1 atom stereocenters. The molecule has 0 amide bonds. The van der Waals surface area contributed by atoms with Crippen molar-refractivity contribution in [3.63, 3.8) is 0 Å². The maximum atomic E-state index is 13.6. The molecule has 1 nitrogen and oxygen atoms in total. The molecule has 0 radical (unpaired) electrons. The minimum Gasteiger partial charge on any atom is -0.325 e. The first-order chi connectivity index (χ1) is 8.07. The number of benzene rings is 1. The summed E-state index contributed by atoms with van der Waals surface area (Å²) in [6.45, 7) is 2.05. The lowest BCUT2D eigenvalue weighted by molar-refractivity contribution is 0.336. The Kier molecular flexibility index (Phi) is 3.82. The van der Waals surface area contributed by atoms with Crippen molar-refractivity contribution in [3.8, 4) is 0 Å². The molecule has 0 bridgehead atoms. The number of nitrogens with two attached hydrogens (primary N) is 1. The normalized spacial score (nSPS) is 20.4. The number of hydrogen-bond acceptors (Lipinski definition) is 1. The average molecular weight is 235 g/mol. The smallest absolute Gasteiger partial charge is 0.126 e. The molecule has 2 rings (SSSR count). The third-order valence-corrected chi connectivity index (χ3v) is 3.78. The van der Waals surface area contributed by atoms with Gasteiger partial charge in [-0.3, -0.25) is 0 Å². The van der Waals surface area contributed by atoms with Crippen LogP contribution in [0.5, 0.6) is 0 Å². The predicted molar refractivity (Wildman–Crippen MR) is 69.3 cm³/mol. The van der Waals surface area contributed by atoms with E-state index >= 15 is 0 Å². The second-order valence-electron chi connectivity index (χ2n) is 5.78. The van der Waals surface area contributed by atoms with Crippen LogP contribution in [0, 0.1) is 11.7 Å². The van der Waals surface area contributed by atoms with E-state index in [1.54, 1.807) is 6.07 Å². The van der Waals surface area contributed by atoms with Gasteiger partial charge in [-0.1, -0.05) is 43.9 Å². The van der Waals surface area contributed by atoms with Gasteiger partial charge in [0, 0.05) is 5.54 Å². The molecule has 2 N–H and O–H groups in total. The summed E-state index contributed by atoms with van der Waals surface area (Å²) in [6.07, 6.45) is 6.91. The van der Waals surface area contributed by atoms with Crippen LogP contribution in [0.15, 0.2) is 24.3 Å². The summed E-state index contributed by atoms with van der Waals surface area (Å²) in [4.78, 5) is 0. The van der Waals surface area contributed by atoms with E-state index < -0.39 is 0 Å². The fourth-order valence-electron chi connectivity index (χ4n) is 3.02. The van der Waals surface area contributed by atoms with E-state index in [4.69, 9.17) is 5.73 Å². The van der Waals surface area contributed by atoms with Gasteiger partial charge >= 0.3 is 0 Å². The molecule has 1 fully saturated rings. The van der Waals surface area contributed by atoms with Gasteiger partial charge in [0.05, 0.1) is 0 Å². The molecule has 17 heavy (non-hydrogen) atoms. The molecule has 1 aliphatic carbocycles. The first-order valence-corrected chi connectivity index (χ1v) is 6.59. The topological polar surface area (TPSA) is 26.0 Å². The van der Waals surface area contributed by atoms with Gasteiger partial charge in [0.1, 0.15) is 5.82 Å². The van der Waals surface area contributed by atoms with Gasteiger partial charge in [-0.15, -0.1) is 0 Å². The molecule has 1 unspecified atom stereocenters. The minimum absolute atomic E-state index is 0.129. The van der Waals surface area contributed by atoms with Crippen LogP contribution in [0.2, 0.25) is 0 Å². The minimum atomic E-state index is -0.281. The zero-order valence-corrected chi connectivity index (χ0v) is 10.6. The van der Waals surface area contributed by atoms with Crippen LogP contribution in [0.4, 0.5) is 4.39 Å². The summed E-state index contributed by atoms with van der Waals surface area (Å²) < 4.78 is 13.6. The molecule has 1 saturated carbocycles. The average Bonchev–Trinajstić information content (AvgIpc) is 2.73. The molecule has 1 aliphatic rings. The third kappa shape index (κ3) is 3.53. The molecule has 1 aromatic carbocycles. The molecule has 2 heteroatoms. The van der Waals surface area contributed by atoms with Crippen LogP contribution >= 0.6 is 0 Å². The lowest BCUT2D eigenvalue weighted by Crippen LogP contribution is -2.40. The number of rotatable bonds is 4. The van der Waals surface area contributed by atoms with Crippen LogP contribution in [0.3, 0.4) is 0 Å². The van der Waals surface area contributed by atoms with E-state index in [0.29, 0.717) is 6.42 Å². The molecule has 1 aromatic rings. The van der Waals surface area contributed by atoms with Crippen LogP contribution in [0.1, 0.15) is 44.6 Å². The van der Waals surface area contributed by atoms with Crippen molar-refractivity contribution in [2.75, 3.05) is 0 Å². The molecule has 0 spiro atoms. The van der Waals surface area contributed by atoms with Crippen LogP contribution in [-0.2, 0) is 6.42 Å². The van der Waals surface area contributed by atoms with Crippen molar-refractivity contribution in [3.05, 3.63) is 35.6 Å². The van der Waals surface area contributed by atoms with E-state index in [-0.39, 0.29) is 11.4 Å². The number of halogens is 1. The Balaban J connectivity index is 1.98. The van der Waals surface area contributed by atoms with Crippen LogP contribution in [-0.4, -0.2) is 5.54 Å². The second-order valence-corrected chi connectivity index (χ2v) is 5.78. The van der Waals surface area contributed by atoms with Gasteiger partial charge in [-0.2, -0.15) is 0 Å². The Morgan fingerprint density at radius 1 is 1.29 bits per heavy atom. The maximum absolute atomic E-state index is 13.6. The molecular formula is C15H22FN. The van der Waals surface area contributed by atoms with Gasteiger partial charge in [0.2, 0.25) is 0 Å². The van der Waals surface area contributed by atoms with E-state index in [9.17, 15) is 4.39 Å². The summed E-state index contributed by atoms with van der Waals surface area (Å²) in [5, 5.41) is 0. The zero-order chi connectivity index (χ0) is 12.3. The lowest BCUT2D eigenvalue weighted by atomic mass is 9.84. The summed E-state index contributed by atoms with van der Waals surface area (Å²) in [5.74, 6) is 0.618. The second kappa shape index (κ2) is 5.18. The summed E-state index contributed by atoms with van der Waals surface area (Å²) in [6, 6.07) is 6.96.